The average Bonchev–Trinajstić information content (AvgIpc) is 2.62. The van der Waals surface area contributed by atoms with Gasteiger partial charge in [-0.3, -0.25) is 9.59 Å². The zero-order valence-electron chi connectivity index (χ0n) is 19.9. The molecule has 0 aromatic heterocycles. The first kappa shape index (κ1) is 30.5. The van der Waals surface area contributed by atoms with Crippen LogP contribution in [0.2, 0.25) is 0 Å². The van der Waals surface area contributed by atoms with Crippen molar-refractivity contribution in [3.05, 3.63) is 0 Å². The first-order valence-electron chi connectivity index (χ1n) is 10.5. The quantitative estimate of drug-likeness (QED) is 0.481. The second kappa shape index (κ2) is 18.1. The van der Waals surface area contributed by atoms with Gasteiger partial charge in [-0.1, -0.05) is 27.2 Å². The van der Waals surface area contributed by atoms with Crippen LogP contribution >= 0.6 is 0 Å². The Kier molecular flexibility index (Phi) is 18.4. The van der Waals surface area contributed by atoms with Gasteiger partial charge in [0.2, 0.25) is 0 Å². The van der Waals surface area contributed by atoms with E-state index in [0.29, 0.717) is 24.4 Å². The molecule has 1 unspecified atom stereocenters. The van der Waals surface area contributed by atoms with E-state index in [1.165, 1.54) is 40.9 Å². The summed E-state index contributed by atoms with van der Waals surface area (Å²) in [6, 6.07) is 0. The summed E-state index contributed by atoms with van der Waals surface area (Å²) in [5.74, 6) is 1.07. The minimum Gasteiger partial charge on any atom is -0.469 e. The summed E-state index contributed by atoms with van der Waals surface area (Å²) in [6.07, 6.45) is 3.18. The van der Waals surface area contributed by atoms with Crippen molar-refractivity contribution in [2.75, 3.05) is 27.4 Å². The van der Waals surface area contributed by atoms with Crippen molar-refractivity contribution in [3.8, 4) is 0 Å². The van der Waals surface area contributed by atoms with Crippen molar-refractivity contribution in [2.45, 2.75) is 79.4 Å². The number of esters is 3. The molecule has 30 heavy (non-hydrogen) atoms. The topological polar surface area (TPSA) is 108 Å². The van der Waals surface area contributed by atoms with E-state index in [9.17, 15) is 14.4 Å². The maximum atomic E-state index is 11.0. The lowest BCUT2D eigenvalue weighted by Crippen LogP contribution is -2.35. The van der Waals surface area contributed by atoms with Gasteiger partial charge in [0.25, 0.3) is 0 Å². The van der Waals surface area contributed by atoms with E-state index in [0.717, 1.165) is 6.42 Å². The molecule has 0 amide bonds. The summed E-state index contributed by atoms with van der Waals surface area (Å²) in [5.41, 5.74) is 0. The van der Waals surface area contributed by atoms with Gasteiger partial charge < -0.3 is 24.1 Å². The average molecular weight is 435 g/mol. The standard InChI is InChI=1S/C12H22O2.2C5H10O3/c1-8(2)11-6-5-9(3)7-12(11)14-10(4)13;1-4(6)3-5(7)8-2;1-3-8-5(6)4-7-2/h8-9,11-12H,5-7H2,1-4H3;4,6H,3H2,1-2H3;3-4H2,1-2H3/t9-,11+,12-;;/m1../s1. The first-order valence-corrected chi connectivity index (χ1v) is 10.5. The number of carbonyl (C=O) groups excluding carboxylic acids is 3. The fourth-order valence-electron chi connectivity index (χ4n) is 3.11. The van der Waals surface area contributed by atoms with E-state index in [1.807, 2.05) is 0 Å². The SMILES string of the molecule is CC(=O)O[C@@H]1C[C@H](C)CC[C@H]1C(C)C.CCOC(=O)COC.COC(=O)CC(C)O. The molecule has 8 heteroatoms. The lowest BCUT2D eigenvalue weighted by Gasteiger charge is -2.36. The third-order valence-corrected chi connectivity index (χ3v) is 4.54. The lowest BCUT2D eigenvalue weighted by molar-refractivity contribution is -0.153. The number of hydrogen-bond acceptors (Lipinski definition) is 8. The highest BCUT2D eigenvalue weighted by atomic mass is 16.6. The van der Waals surface area contributed by atoms with E-state index in [4.69, 9.17) is 9.84 Å². The van der Waals surface area contributed by atoms with Crippen molar-refractivity contribution in [1.82, 2.24) is 0 Å². The number of ether oxygens (including phenoxy) is 4. The molecule has 0 radical (unpaired) electrons. The molecule has 1 rings (SSSR count). The van der Waals surface area contributed by atoms with Crippen molar-refractivity contribution >= 4 is 17.9 Å². The van der Waals surface area contributed by atoms with E-state index in [2.05, 4.69) is 35.0 Å². The van der Waals surface area contributed by atoms with Gasteiger partial charge in [-0.2, -0.15) is 0 Å². The molecule has 0 aromatic carbocycles. The summed E-state index contributed by atoms with van der Waals surface area (Å²) in [7, 11) is 2.75. The number of hydrogen-bond donors (Lipinski definition) is 1. The van der Waals surface area contributed by atoms with Crippen LogP contribution in [0.3, 0.4) is 0 Å². The Morgan fingerprint density at radius 2 is 1.67 bits per heavy atom. The Bertz CT molecular complexity index is 466. The van der Waals surface area contributed by atoms with Crippen molar-refractivity contribution < 1.29 is 38.4 Å². The lowest BCUT2D eigenvalue weighted by atomic mass is 9.75. The molecule has 0 heterocycles. The minimum absolute atomic E-state index is 0.0494. The number of carbonyl (C=O) groups is 3. The Balaban J connectivity index is 0. The molecule has 1 fully saturated rings. The second-order valence-corrected chi connectivity index (χ2v) is 7.84. The van der Waals surface area contributed by atoms with Gasteiger partial charge in [-0.25, -0.2) is 4.79 Å². The highest BCUT2D eigenvalue weighted by Gasteiger charge is 2.32. The molecule has 0 aliphatic heterocycles. The third-order valence-electron chi connectivity index (χ3n) is 4.54. The smallest absolute Gasteiger partial charge is 0.332 e. The van der Waals surface area contributed by atoms with Crippen LogP contribution in [0.5, 0.6) is 0 Å². The van der Waals surface area contributed by atoms with Gasteiger partial charge in [-0.05, 0) is 44.4 Å². The molecule has 0 aromatic rings. The molecule has 0 bridgehead atoms. The monoisotopic (exact) mass is 434 g/mol. The predicted molar refractivity (Wildman–Crippen MR) is 114 cm³/mol. The van der Waals surface area contributed by atoms with Crippen LogP contribution in [-0.4, -0.2) is 62.7 Å². The molecule has 0 spiro atoms. The fourth-order valence-corrected chi connectivity index (χ4v) is 3.11. The molecule has 1 saturated carbocycles. The Morgan fingerprint density at radius 3 is 2.03 bits per heavy atom. The summed E-state index contributed by atoms with van der Waals surface area (Å²) >= 11 is 0. The molecule has 1 N–H and O–H groups in total. The minimum atomic E-state index is -0.595. The van der Waals surface area contributed by atoms with E-state index in [-0.39, 0.29) is 37.0 Å². The Labute approximate surface area is 181 Å². The van der Waals surface area contributed by atoms with Gasteiger partial charge >= 0.3 is 17.9 Å². The van der Waals surface area contributed by atoms with Crippen LogP contribution in [-0.2, 0) is 33.3 Å². The normalized spacial score (nSPS) is 21.2. The van der Waals surface area contributed by atoms with Crippen LogP contribution in [0.15, 0.2) is 0 Å². The zero-order valence-corrected chi connectivity index (χ0v) is 19.9. The molecular weight excluding hydrogens is 392 g/mol. The zero-order chi connectivity index (χ0) is 23.7. The number of rotatable bonds is 7. The summed E-state index contributed by atoms with van der Waals surface area (Å²) in [5, 5.41) is 8.55. The summed E-state index contributed by atoms with van der Waals surface area (Å²) < 4.78 is 18.7. The van der Waals surface area contributed by atoms with Gasteiger partial charge in [0, 0.05) is 14.0 Å². The van der Waals surface area contributed by atoms with Gasteiger partial charge in [0.05, 0.1) is 26.2 Å². The van der Waals surface area contributed by atoms with Crippen molar-refractivity contribution in [1.29, 1.82) is 0 Å². The van der Waals surface area contributed by atoms with E-state index < -0.39 is 6.10 Å². The van der Waals surface area contributed by atoms with Gasteiger partial charge in [0.1, 0.15) is 12.7 Å². The fraction of sp³-hybridized carbons (Fsp3) is 0.864. The Morgan fingerprint density at radius 1 is 1.07 bits per heavy atom. The van der Waals surface area contributed by atoms with E-state index >= 15 is 0 Å². The summed E-state index contributed by atoms with van der Waals surface area (Å²) in [4.78, 5) is 31.5. The number of methoxy groups -OCH3 is 2. The molecule has 8 nitrogen and oxygen atoms in total. The second-order valence-electron chi connectivity index (χ2n) is 7.84. The largest absolute Gasteiger partial charge is 0.469 e. The highest BCUT2D eigenvalue weighted by molar-refractivity contribution is 5.70. The predicted octanol–water partition coefficient (Wildman–Crippen LogP) is 3.14. The van der Waals surface area contributed by atoms with Crippen molar-refractivity contribution in [3.63, 3.8) is 0 Å². The third kappa shape index (κ3) is 17.2. The highest BCUT2D eigenvalue weighted by Crippen LogP contribution is 2.35. The number of aliphatic hydroxyl groups is 1. The van der Waals surface area contributed by atoms with E-state index in [1.54, 1.807) is 6.92 Å². The van der Waals surface area contributed by atoms with Gasteiger partial charge in [0.15, 0.2) is 0 Å². The molecule has 4 atom stereocenters. The molecule has 0 saturated heterocycles. The van der Waals surface area contributed by atoms with Gasteiger partial charge in [-0.15, -0.1) is 0 Å². The van der Waals surface area contributed by atoms with Crippen LogP contribution in [0, 0.1) is 17.8 Å². The number of aliphatic hydroxyl groups excluding tert-OH is 1. The first-order chi connectivity index (χ1) is 14.0. The van der Waals surface area contributed by atoms with Crippen LogP contribution in [0.4, 0.5) is 0 Å². The molecule has 1 aliphatic carbocycles. The molecule has 1 aliphatic rings. The Hall–Kier alpha value is -1.67. The molecular formula is C22H42O8. The maximum absolute atomic E-state index is 11.0. The van der Waals surface area contributed by atoms with Crippen molar-refractivity contribution in [2.24, 2.45) is 17.8 Å². The maximum Gasteiger partial charge on any atom is 0.332 e. The van der Waals surface area contributed by atoms with Crippen LogP contribution < -0.4 is 0 Å². The van der Waals surface area contributed by atoms with Crippen LogP contribution in [0.1, 0.15) is 67.2 Å². The molecule has 178 valence electrons. The van der Waals surface area contributed by atoms with Crippen LogP contribution in [0.25, 0.3) is 0 Å². The summed E-state index contributed by atoms with van der Waals surface area (Å²) in [6.45, 7) is 12.0.